The maximum atomic E-state index is 12.9. The normalized spacial score (nSPS) is 16.5. The topological polar surface area (TPSA) is 72.7 Å². The first-order chi connectivity index (χ1) is 26.8. The molecule has 5 aromatic rings. The quantitative estimate of drug-likeness (QED) is 0.0463. The van der Waals surface area contributed by atoms with E-state index in [1.165, 1.54) is 56.2 Å². The van der Waals surface area contributed by atoms with Crippen LogP contribution in [-0.4, -0.2) is 25.3 Å². The van der Waals surface area contributed by atoms with E-state index in [9.17, 15) is 4.79 Å². The number of carbonyl (C=O) groups excluding carboxylic acids is 1. The standard InChI is InChI=1S/C48H51N3O4/c1-5-6-7-8-9-10-11-14-33-53-41-26-19-35(20-27-41)36-21-28-42(29-22-36)54-46(52)37-17-23-39(24-18-37)49-50-40-25-30-45-38(34-40)31-32-48(55-45)47(2,3)43-15-12-13-16-44(43)51(48)4/h12-13,15-32,34H,5-11,14,33H2,1-4H3. The van der Waals surface area contributed by atoms with Crippen molar-refractivity contribution in [2.75, 3.05) is 18.6 Å². The van der Waals surface area contributed by atoms with Crippen molar-refractivity contribution in [3.8, 4) is 28.4 Å². The van der Waals surface area contributed by atoms with E-state index in [0.29, 0.717) is 22.7 Å². The molecule has 0 aliphatic carbocycles. The molecule has 1 unspecified atom stereocenters. The Hall–Kier alpha value is -5.69. The lowest BCUT2D eigenvalue weighted by molar-refractivity contribution is 0.0582. The molecule has 7 rings (SSSR count). The maximum Gasteiger partial charge on any atom is 0.343 e. The van der Waals surface area contributed by atoms with Crippen LogP contribution in [0.1, 0.15) is 93.6 Å². The lowest BCUT2D eigenvalue weighted by Gasteiger charge is -2.45. The van der Waals surface area contributed by atoms with Crippen LogP contribution >= 0.6 is 0 Å². The molecule has 7 nitrogen and oxygen atoms in total. The fourth-order valence-electron chi connectivity index (χ4n) is 7.66. The Kier molecular flexibility index (Phi) is 11.5. The van der Waals surface area contributed by atoms with Gasteiger partial charge in [0.15, 0.2) is 0 Å². The number of carbonyl (C=O) groups is 1. The third-order valence-corrected chi connectivity index (χ3v) is 11.0. The lowest BCUT2D eigenvalue weighted by atomic mass is 9.76. The van der Waals surface area contributed by atoms with Crippen molar-refractivity contribution < 1.29 is 19.0 Å². The number of anilines is 1. The molecule has 282 valence electrons. The van der Waals surface area contributed by atoms with Crippen LogP contribution < -0.4 is 19.1 Å². The molecule has 55 heavy (non-hydrogen) atoms. The van der Waals surface area contributed by atoms with Crippen LogP contribution in [-0.2, 0) is 5.41 Å². The van der Waals surface area contributed by atoms with Gasteiger partial charge in [-0.25, -0.2) is 4.79 Å². The van der Waals surface area contributed by atoms with Crippen LogP contribution in [0.25, 0.3) is 17.2 Å². The molecule has 0 saturated heterocycles. The molecular formula is C48H51N3O4. The predicted octanol–water partition coefficient (Wildman–Crippen LogP) is 13.0. The Bertz CT molecular complexity index is 2140. The van der Waals surface area contributed by atoms with Crippen molar-refractivity contribution in [3.63, 3.8) is 0 Å². The highest BCUT2D eigenvalue weighted by Gasteiger charge is 2.57. The monoisotopic (exact) mass is 733 g/mol. The number of ether oxygens (including phenoxy) is 3. The van der Waals surface area contributed by atoms with Crippen molar-refractivity contribution in [2.24, 2.45) is 10.2 Å². The average Bonchev–Trinajstić information content (AvgIpc) is 3.37. The summed E-state index contributed by atoms with van der Waals surface area (Å²) in [6.45, 7) is 7.46. The molecule has 0 radical (unpaired) electrons. The van der Waals surface area contributed by atoms with Crippen molar-refractivity contribution >= 4 is 29.1 Å². The van der Waals surface area contributed by atoms with Crippen molar-refractivity contribution in [1.82, 2.24) is 0 Å². The van der Waals surface area contributed by atoms with Gasteiger partial charge in [-0.15, -0.1) is 0 Å². The zero-order valence-corrected chi connectivity index (χ0v) is 32.5. The number of azo groups is 1. The fraction of sp³-hybridized carbons (Fsp3) is 0.312. The maximum absolute atomic E-state index is 12.9. The van der Waals surface area contributed by atoms with Crippen molar-refractivity contribution in [2.45, 2.75) is 83.3 Å². The Morgan fingerprint density at radius 3 is 2.02 bits per heavy atom. The fourth-order valence-corrected chi connectivity index (χ4v) is 7.66. The van der Waals surface area contributed by atoms with Gasteiger partial charge >= 0.3 is 5.97 Å². The summed E-state index contributed by atoms with van der Waals surface area (Å²) in [7, 11) is 2.09. The third kappa shape index (κ3) is 8.21. The highest BCUT2D eigenvalue weighted by atomic mass is 16.5. The van der Waals surface area contributed by atoms with Gasteiger partial charge in [-0.05, 0) is 122 Å². The number of esters is 1. The molecule has 2 aliphatic rings. The molecule has 0 bridgehead atoms. The smallest absolute Gasteiger partial charge is 0.343 e. The Labute approximate surface area is 325 Å². The Morgan fingerprint density at radius 1 is 0.709 bits per heavy atom. The molecule has 5 aromatic carbocycles. The second-order valence-corrected chi connectivity index (χ2v) is 15.1. The molecular weight excluding hydrogens is 683 g/mol. The second-order valence-electron chi connectivity index (χ2n) is 15.1. The number of nitrogens with zero attached hydrogens (tertiary/aromatic N) is 3. The summed E-state index contributed by atoms with van der Waals surface area (Å²) in [4.78, 5) is 15.2. The zero-order valence-electron chi connectivity index (χ0n) is 32.5. The number of benzene rings is 5. The summed E-state index contributed by atoms with van der Waals surface area (Å²) >= 11 is 0. The van der Waals surface area contributed by atoms with Crippen molar-refractivity contribution in [1.29, 1.82) is 0 Å². The number of unbranched alkanes of at least 4 members (excludes halogenated alkanes) is 7. The Balaban J connectivity index is 0.888. The largest absolute Gasteiger partial charge is 0.494 e. The minimum atomic E-state index is -0.631. The molecule has 0 saturated carbocycles. The SMILES string of the molecule is CCCCCCCCCCOc1ccc(-c2ccc(OC(=O)c3ccc(N=Nc4ccc5c(c4)C=CC4(O5)N(C)c5ccccc5C4(C)C)cc3)cc2)cc1. The number of para-hydroxylation sites is 1. The highest BCUT2D eigenvalue weighted by molar-refractivity contribution is 5.91. The molecule has 7 heteroatoms. The highest BCUT2D eigenvalue weighted by Crippen LogP contribution is 2.54. The molecule has 1 spiro atoms. The van der Waals surface area contributed by atoms with Crippen LogP contribution in [0.15, 0.2) is 132 Å². The summed E-state index contributed by atoms with van der Waals surface area (Å²) in [5.41, 5.74) is 6.35. The van der Waals surface area contributed by atoms with Gasteiger partial charge in [0.2, 0.25) is 5.72 Å². The lowest BCUT2D eigenvalue weighted by Crippen LogP contribution is -2.58. The molecule has 0 fully saturated rings. The summed E-state index contributed by atoms with van der Waals surface area (Å²) in [6.07, 6.45) is 14.5. The van der Waals surface area contributed by atoms with Crippen LogP contribution in [0, 0.1) is 0 Å². The zero-order chi connectivity index (χ0) is 38.3. The summed E-state index contributed by atoms with van der Waals surface area (Å²) < 4.78 is 18.4. The first-order valence-corrected chi connectivity index (χ1v) is 19.7. The predicted molar refractivity (Wildman–Crippen MR) is 222 cm³/mol. The number of hydrogen-bond acceptors (Lipinski definition) is 7. The van der Waals surface area contributed by atoms with E-state index < -0.39 is 11.7 Å². The van der Waals surface area contributed by atoms with E-state index in [1.54, 1.807) is 24.3 Å². The van der Waals surface area contributed by atoms with E-state index in [1.807, 2.05) is 54.6 Å². The van der Waals surface area contributed by atoms with Gasteiger partial charge < -0.3 is 19.1 Å². The first kappa shape index (κ1) is 37.6. The van der Waals surface area contributed by atoms with Crippen LogP contribution in [0.4, 0.5) is 17.1 Å². The third-order valence-electron chi connectivity index (χ3n) is 11.0. The number of fused-ring (bicyclic) bond motifs is 2. The van der Waals surface area contributed by atoms with Crippen LogP contribution in [0.2, 0.25) is 0 Å². The summed E-state index contributed by atoms with van der Waals surface area (Å²) in [6, 6.07) is 36.9. The number of hydrogen-bond donors (Lipinski definition) is 0. The summed E-state index contributed by atoms with van der Waals surface area (Å²) in [5, 5.41) is 8.88. The molecule has 0 amide bonds. The van der Waals surface area contributed by atoms with Crippen LogP contribution in [0.3, 0.4) is 0 Å². The van der Waals surface area contributed by atoms with E-state index in [-0.39, 0.29) is 5.41 Å². The first-order valence-electron chi connectivity index (χ1n) is 19.7. The van der Waals surface area contributed by atoms with Gasteiger partial charge in [-0.2, -0.15) is 10.2 Å². The minimum absolute atomic E-state index is 0.260. The van der Waals surface area contributed by atoms with E-state index in [4.69, 9.17) is 14.2 Å². The van der Waals surface area contributed by atoms with E-state index in [0.717, 1.165) is 41.2 Å². The molecule has 1 atom stereocenters. The second kappa shape index (κ2) is 16.8. The van der Waals surface area contributed by atoms with Gasteiger partial charge in [0.25, 0.3) is 0 Å². The summed E-state index contributed by atoms with van der Waals surface area (Å²) in [5.74, 6) is 1.73. The number of likely N-dealkylation sites (N-methyl/N-ethyl adjacent to an activating group) is 1. The van der Waals surface area contributed by atoms with Gasteiger partial charge in [0.05, 0.1) is 29.0 Å². The van der Waals surface area contributed by atoms with Crippen LogP contribution in [0.5, 0.6) is 17.2 Å². The molecule has 0 aromatic heterocycles. The molecule has 2 aliphatic heterocycles. The van der Waals surface area contributed by atoms with Crippen molar-refractivity contribution in [3.05, 3.63) is 138 Å². The Morgan fingerprint density at radius 2 is 1.33 bits per heavy atom. The van der Waals surface area contributed by atoms with E-state index >= 15 is 0 Å². The van der Waals surface area contributed by atoms with Gasteiger partial charge in [0, 0.05) is 18.3 Å². The average molecular weight is 734 g/mol. The molecule has 0 N–H and O–H groups in total. The van der Waals surface area contributed by atoms with Gasteiger partial charge in [0.1, 0.15) is 17.2 Å². The minimum Gasteiger partial charge on any atom is -0.494 e. The van der Waals surface area contributed by atoms with Gasteiger partial charge in [-0.1, -0.05) is 94.3 Å². The molecule has 2 heterocycles. The van der Waals surface area contributed by atoms with Gasteiger partial charge in [-0.3, -0.25) is 0 Å². The van der Waals surface area contributed by atoms with E-state index in [2.05, 4.69) is 91.5 Å². The number of rotatable bonds is 15.